The Morgan fingerprint density at radius 3 is 2.82 bits per heavy atom. The fraction of sp³-hybridized carbons (Fsp3) is 0.391. The highest BCUT2D eigenvalue weighted by atomic mass is 32.2. The van der Waals surface area contributed by atoms with E-state index in [1.54, 1.807) is 12.4 Å². The molecule has 1 aromatic heterocycles. The van der Waals surface area contributed by atoms with Gasteiger partial charge in [0.1, 0.15) is 19.3 Å². The molecule has 10 heteroatoms. The number of ether oxygens (including phenoxy) is 2. The fourth-order valence-electron chi connectivity index (χ4n) is 4.38. The first-order valence-electron chi connectivity index (χ1n) is 11.1. The summed E-state index contributed by atoms with van der Waals surface area (Å²) in [4.78, 5) is 17.3. The van der Waals surface area contributed by atoms with E-state index in [9.17, 15) is 13.2 Å². The summed E-state index contributed by atoms with van der Waals surface area (Å²) in [6.45, 7) is 2.30. The summed E-state index contributed by atoms with van der Waals surface area (Å²) >= 11 is 0. The third kappa shape index (κ3) is 4.28. The lowest BCUT2D eigenvalue weighted by atomic mass is 10.2. The van der Waals surface area contributed by atoms with E-state index in [0.29, 0.717) is 63.6 Å². The van der Waals surface area contributed by atoms with E-state index in [2.05, 4.69) is 14.9 Å². The van der Waals surface area contributed by atoms with Crippen LogP contribution in [0.25, 0.3) is 11.0 Å². The Bertz CT molecular complexity index is 1270. The van der Waals surface area contributed by atoms with Gasteiger partial charge in [0.15, 0.2) is 11.5 Å². The van der Waals surface area contributed by atoms with Crippen LogP contribution in [0.3, 0.4) is 0 Å². The first kappa shape index (κ1) is 21.7. The molecule has 0 bridgehead atoms. The number of carbonyl (C=O) groups is 1. The van der Waals surface area contributed by atoms with Crippen LogP contribution in [0.5, 0.6) is 11.5 Å². The van der Waals surface area contributed by atoms with E-state index in [1.165, 1.54) is 16.4 Å². The van der Waals surface area contributed by atoms with Gasteiger partial charge in [-0.2, -0.15) is 4.31 Å². The summed E-state index contributed by atoms with van der Waals surface area (Å²) in [5.41, 5.74) is 1.99. The molecule has 174 valence electrons. The number of benzene rings is 2. The van der Waals surface area contributed by atoms with Crippen LogP contribution in [0, 0.1) is 0 Å². The van der Waals surface area contributed by atoms with Crippen LogP contribution in [0.4, 0.5) is 0 Å². The summed E-state index contributed by atoms with van der Waals surface area (Å²) in [5.74, 6) is 0.681. The molecular weight excluding hydrogens is 444 g/mol. The number of fused-ring (bicyclic) bond motifs is 2. The quantitative estimate of drug-likeness (QED) is 0.531. The molecular formula is C23H26N4O5S. The monoisotopic (exact) mass is 470 g/mol. The van der Waals surface area contributed by atoms with Crippen LogP contribution in [-0.2, 0) is 21.4 Å². The molecule has 33 heavy (non-hydrogen) atoms. The van der Waals surface area contributed by atoms with Gasteiger partial charge < -0.3 is 19.4 Å². The van der Waals surface area contributed by atoms with Crippen LogP contribution < -0.4 is 14.8 Å². The van der Waals surface area contributed by atoms with Gasteiger partial charge in [0.2, 0.25) is 15.9 Å². The molecule has 9 nitrogen and oxygen atoms in total. The van der Waals surface area contributed by atoms with E-state index in [4.69, 9.17) is 9.47 Å². The summed E-state index contributed by atoms with van der Waals surface area (Å²) in [7, 11) is -3.83. The molecule has 1 N–H and O–H groups in total. The number of nitrogens with one attached hydrogen (secondary N) is 1. The minimum absolute atomic E-state index is 0.110. The van der Waals surface area contributed by atoms with Crippen LogP contribution in [0.2, 0.25) is 0 Å². The molecule has 3 aromatic rings. The number of aromatic nitrogens is 2. The Labute approximate surface area is 192 Å². The number of hydrogen-bond donors (Lipinski definition) is 1. The maximum atomic E-state index is 13.3. The van der Waals surface area contributed by atoms with Crippen molar-refractivity contribution in [2.75, 3.05) is 26.3 Å². The molecule has 2 aliphatic heterocycles. The fourth-order valence-corrected chi connectivity index (χ4v) is 6.05. The van der Waals surface area contributed by atoms with Crippen molar-refractivity contribution in [2.45, 2.75) is 36.7 Å². The van der Waals surface area contributed by atoms with Crippen LogP contribution in [0.15, 0.2) is 53.7 Å². The van der Waals surface area contributed by atoms with E-state index >= 15 is 0 Å². The number of imidazole rings is 1. The average Bonchev–Trinajstić information content (AvgIpc) is 3.49. The molecule has 2 aliphatic rings. The maximum absolute atomic E-state index is 13.3. The van der Waals surface area contributed by atoms with Crippen molar-refractivity contribution in [3.05, 3.63) is 48.8 Å². The number of amides is 1. The Hall–Kier alpha value is -3.11. The molecule has 2 aromatic carbocycles. The smallest absolute Gasteiger partial charge is 0.243 e. The topological polar surface area (TPSA) is 103 Å². The van der Waals surface area contributed by atoms with Gasteiger partial charge in [-0.3, -0.25) is 4.79 Å². The van der Waals surface area contributed by atoms with Crippen LogP contribution in [-0.4, -0.2) is 60.5 Å². The van der Waals surface area contributed by atoms with Crippen LogP contribution in [0.1, 0.15) is 19.3 Å². The van der Waals surface area contributed by atoms with Gasteiger partial charge in [-0.1, -0.05) is 12.1 Å². The predicted molar refractivity (Wildman–Crippen MR) is 122 cm³/mol. The minimum Gasteiger partial charge on any atom is -0.486 e. The SMILES string of the molecule is O=C(NCCCn1cnc2ccccc21)C1CCCN1S(=O)(=O)c1ccc2c(c1)OCCO2. The number of para-hydroxylation sites is 2. The van der Waals surface area contributed by atoms with Crippen LogP contribution >= 0.6 is 0 Å². The van der Waals surface area contributed by atoms with Gasteiger partial charge in [-0.05, 0) is 43.5 Å². The summed E-state index contributed by atoms with van der Waals surface area (Å²) in [6.07, 6.45) is 3.66. The van der Waals surface area contributed by atoms with E-state index < -0.39 is 16.1 Å². The summed E-state index contributed by atoms with van der Waals surface area (Å²) < 4.78 is 40.9. The molecule has 3 heterocycles. The lowest BCUT2D eigenvalue weighted by Crippen LogP contribution is -2.46. The van der Waals surface area contributed by atoms with Crippen molar-refractivity contribution in [1.29, 1.82) is 0 Å². The minimum atomic E-state index is -3.83. The number of sulfonamides is 1. The molecule has 1 fully saturated rings. The maximum Gasteiger partial charge on any atom is 0.243 e. The third-order valence-electron chi connectivity index (χ3n) is 6.03. The van der Waals surface area contributed by atoms with Crippen molar-refractivity contribution in [2.24, 2.45) is 0 Å². The zero-order valence-electron chi connectivity index (χ0n) is 18.1. The molecule has 5 rings (SSSR count). The average molecular weight is 471 g/mol. The molecule has 0 aliphatic carbocycles. The van der Waals surface area contributed by atoms with Gasteiger partial charge in [0, 0.05) is 25.7 Å². The number of nitrogens with zero attached hydrogens (tertiary/aromatic N) is 3. The first-order valence-corrected chi connectivity index (χ1v) is 12.6. The number of carbonyl (C=O) groups excluding carboxylic acids is 1. The Morgan fingerprint density at radius 2 is 1.94 bits per heavy atom. The van der Waals surface area contributed by atoms with Gasteiger partial charge in [-0.15, -0.1) is 0 Å². The van der Waals surface area contributed by atoms with E-state index in [1.807, 2.05) is 24.3 Å². The number of rotatable bonds is 7. The van der Waals surface area contributed by atoms with E-state index in [-0.39, 0.29) is 10.8 Å². The zero-order valence-corrected chi connectivity index (χ0v) is 19.0. The van der Waals surface area contributed by atoms with Gasteiger partial charge >= 0.3 is 0 Å². The first-order chi connectivity index (χ1) is 16.0. The van der Waals surface area contributed by atoms with Crippen molar-refractivity contribution in [3.8, 4) is 11.5 Å². The summed E-state index contributed by atoms with van der Waals surface area (Å²) in [5, 5.41) is 2.92. The highest BCUT2D eigenvalue weighted by Crippen LogP contribution is 2.34. The Kier molecular flexibility index (Phi) is 5.94. The molecule has 1 amide bonds. The van der Waals surface area contributed by atoms with Crippen molar-refractivity contribution in [3.63, 3.8) is 0 Å². The Balaban J connectivity index is 1.21. The molecule has 0 spiro atoms. The number of hydrogen-bond acceptors (Lipinski definition) is 6. The van der Waals surface area contributed by atoms with Gasteiger partial charge in [0.25, 0.3) is 0 Å². The van der Waals surface area contributed by atoms with Crippen molar-refractivity contribution >= 4 is 27.0 Å². The molecule has 1 atom stereocenters. The zero-order chi connectivity index (χ0) is 22.8. The van der Waals surface area contributed by atoms with Gasteiger partial charge in [0.05, 0.1) is 22.3 Å². The highest BCUT2D eigenvalue weighted by molar-refractivity contribution is 7.89. The lowest BCUT2D eigenvalue weighted by Gasteiger charge is -2.24. The van der Waals surface area contributed by atoms with Crippen molar-refractivity contribution < 1.29 is 22.7 Å². The molecule has 1 saturated heterocycles. The van der Waals surface area contributed by atoms with Crippen molar-refractivity contribution in [1.82, 2.24) is 19.2 Å². The second kappa shape index (κ2) is 9.03. The Morgan fingerprint density at radius 1 is 1.12 bits per heavy atom. The predicted octanol–water partition coefficient (Wildman–Crippen LogP) is 2.17. The molecule has 0 radical (unpaired) electrons. The second-order valence-corrected chi connectivity index (χ2v) is 10.0. The second-order valence-electron chi connectivity index (χ2n) is 8.15. The van der Waals surface area contributed by atoms with Gasteiger partial charge in [-0.25, -0.2) is 13.4 Å². The normalized spacial score (nSPS) is 18.5. The van der Waals surface area contributed by atoms with E-state index in [0.717, 1.165) is 11.0 Å². The third-order valence-corrected chi connectivity index (χ3v) is 7.93. The largest absolute Gasteiger partial charge is 0.486 e. The number of aryl methyl sites for hydroxylation is 1. The summed E-state index contributed by atoms with van der Waals surface area (Å²) in [6, 6.07) is 11.8. The lowest BCUT2D eigenvalue weighted by molar-refractivity contribution is -0.124. The molecule has 0 saturated carbocycles. The standard InChI is InChI=1S/C23H26N4O5S/c28-23(24-10-4-11-26-16-25-18-5-1-2-6-19(18)26)20-7-3-12-27(20)33(29,30)17-8-9-21-22(15-17)32-14-13-31-21/h1-2,5-6,8-9,15-16,20H,3-4,7,10-14H2,(H,24,28). The molecule has 1 unspecified atom stereocenters. The highest BCUT2D eigenvalue weighted by Gasteiger charge is 2.39.